The van der Waals surface area contributed by atoms with Crippen molar-refractivity contribution in [3.05, 3.63) is 47.7 Å². The van der Waals surface area contributed by atoms with E-state index in [1.54, 1.807) is 0 Å². The van der Waals surface area contributed by atoms with Crippen molar-refractivity contribution in [1.29, 1.82) is 0 Å². The molecule has 6 nitrogen and oxygen atoms in total. The number of aryl methyl sites for hydroxylation is 2. The number of pyridine rings is 1. The minimum Gasteiger partial charge on any atom is -0.383 e. The fourth-order valence-electron chi connectivity index (χ4n) is 3.36. The molecule has 1 saturated heterocycles. The predicted octanol–water partition coefficient (Wildman–Crippen LogP) is 2.46. The molecular weight excluding hydrogens is 302 g/mol. The molecule has 0 aromatic carbocycles. The quantitative estimate of drug-likeness (QED) is 0.757. The summed E-state index contributed by atoms with van der Waals surface area (Å²) in [6, 6.07) is 5.90. The zero-order valence-electron chi connectivity index (χ0n) is 14.0. The van der Waals surface area contributed by atoms with Crippen molar-refractivity contribution in [2.24, 2.45) is 0 Å². The first-order valence-electron chi connectivity index (χ1n) is 8.27. The van der Waals surface area contributed by atoms with E-state index in [9.17, 15) is 5.11 Å². The highest BCUT2D eigenvalue weighted by Crippen LogP contribution is 2.34. The van der Waals surface area contributed by atoms with Crippen molar-refractivity contribution in [2.75, 3.05) is 18.0 Å². The van der Waals surface area contributed by atoms with Gasteiger partial charge in [-0.15, -0.1) is 0 Å². The summed E-state index contributed by atoms with van der Waals surface area (Å²) in [5.41, 5.74) is 2.89. The summed E-state index contributed by atoms with van der Waals surface area (Å²) in [4.78, 5) is 18.9. The Kier molecular flexibility index (Phi) is 3.49. The van der Waals surface area contributed by atoms with Crippen LogP contribution in [0.2, 0.25) is 0 Å². The molecule has 124 valence electrons. The number of fused-ring (bicyclic) bond motifs is 1. The van der Waals surface area contributed by atoms with Crippen LogP contribution in [0.4, 0.5) is 5.82 Å². The minimum atomic E-state index is -0.860. The molecule has 0 bridgehead atoms. The van der Waals surface area contributed by atoms with Crippen molar-refractivity contribution in [3.8, 4) is 0 Å². The Morgan fingerprint density at radius 1 is 1.12 bits per heavy atom. The van der Waals surface area contributed by atoms with Crippen LogP contribution < -0.4 is 4.90 Å². The summed E-state index contributed by atoms with van der Waals surface area (Å²) in [7, 11) is 0. The number of aliphatic hydroxyl groups is 1. The van der Waals surface area contributed by atoms with Crippen molar-refractivity contribution < 1.29 is 5.11 Å². The number of nitrogens with one attached hydrogen (secondary N) is 1. The molecule has 0 amide bonds. The molecule has 4 rings (SSSR count). The Hall–Kier alpha value is -2.47. The normalized spacial score (nSPS) is 17.4. The number of aromatic amines is 1. The highest BCUT2D eigenvalue weighted by Gasteiger charge is 2.36. The van der Waals surface area contributed by atoms with Crippen LogP contribution in [-0.4, -0.2) is 38.1 Å². The molecule has 6 heteroatoms. The molecule has 0 aliphatic carbocycles. The first kappa shape index (κ1) is 15.1. The summed E-state index contributed by atoms with van der Waals surface area (Å²) in [5.74, 6) is 1.68. The van der Waals surface area contributed by atoms with E-state index < -0.39 is 5.60 Å². The molecule has 3 aromatic heterocycles. The summed E-state index contributed by atoms with van der Waals surface area (Å²) in [6.07, 6.45) is 4.97. The maximum Gasteiger partial charge on any atom is 0.156 e. The lowest BCUT2D eigenvalue weighted by Gasteiger charge is -2.38. The van der Waals surface area contributed by atoms with E-state index in [0.29, 0.717) is 12.8 Å². The number of hydrogen-bond acceptors (Lipinski definition) is 5. The van der Waals surface area contributed by atoms with Crippen LogP contribution in [0.1, 0.15) is 29.9 Å². The third kappa shape index (κ3) is 2.53. The number of anilines is 1. The fourth-order valence-corrected chi connectivity index (χ4v) is 3.36. The van der Waals surface area contributed by atoms with Gasteiger partial charge in [-0.25, -0.2) is 9.97 Å². The first-order chi connectivity index (χ1) is 11.5. The fraction of sp³-hybridized carbons (Fsp3) is 0.389. The van der Waals surface area contributed by atoms with Crippen LogP contribution in [0.3, 0.4) is 0 Å². The zero-order chi connectivity index (χ0) is 16.7. The number of rotatable bonds is 2. The summed E-state index contributed by atoms with van der Waals surface area (Å²) < 4.78 is 0. The molecule has 4 heterocycles. The number of piperidine rings is 1. The largest absolute Gasteiger partial charge is 0.383 e. The number of hydrogen-bond donors (Lipinski definition) is 2. The van der Waals surface area contributed by atoms with Crippen LogP contribution >= 0.6 is 0 Å². The van der Waals surface area contributed by atoms with E-state index >= 15 is 0 Å². The smallest absolute Gasteiger partial charge is 0.156 e. The molecule has 0 atom stereocenters. The zero-order valence-corrected chi connectivity index (χ0v) is 14.0. The Morgan fingerprint density at radius 3 is 2.62 bits per heavy atom. The summed E-state index contributed by atoms with van der Waals surface area (Å²) in [6.45, 7) is 5.38. The predicted molar refractivity (Wildman–Crippen MR) is 92.9 cm³/mol. The van der Waals surface area contributed by atoms with Crippen LogP contribution in [0.5, 0.6) is 0 Å². The van der Waals surface area contributed by atoms with Crippen molar-refractivity contribution in [3.63, 3.8) is 0 Å². The molecule has 0 spiro atoms. The Morgan fingerprint density at radius 2 is 1.92 bits per heavy atom. The van der Waals surface area contributed by atoms with Crippen LogP contribution in [-0.2, 0) is 5.60 Å². The van der Waals surface area contributed by atoms with Crippen molar-refractivity contribution >= 4 is 16.9 Å². The Balaban J connectivity index is 1.59. The monoisotopic (exact) mass is 323 g/mol. The SMILES string of the molecule is Cc1ccc(C2(O)CCN(c3nc(C)nc4cc[nH]c34)CC2)nc1. The first-order valence-corrected chi connectivity index (χ1v) is 8.27. The van der Waals surface area contributed by atoms with E-state index in [-0.39, 0.29) is 0 Å². The van der Waals surface area contributed by atoms with Gasteiger partial charge in [-0.2, -0.15) is 0 Å². The average Bonchev–Trinajstić information content (AvgIpc) is 3.03. The van der Waals surface area contributed by atoms with E-state index in [1.807, 2.05) is 44.4 Å². The highest BCUT2D eigenvalue weighted by molar-refractivity contribution is 5.86. The Bertz CT molecular complexity index is 863. The molecule has 1 aliphatic rings. The lowest BCUT2D eigenvalue weighted by molar-refractivity contribution is 0.00752. The van der Waals surface area contributed by atoms with Gasteiger partial charge in [-0.3, -0.25) is 4.98 Å². The second kappa shape index (κ2) is 5.56. The molecule has 1 aliphatic heterocycles. The molecule has 2 N–H and O–H groups in total. The van der Waals surface area contributed by atoms with Gasteiger partial charge in [0, 0.05) is 25.5 Å². The molecule has 0 saturated carbocycles. The Labute approximate surface area is 140 Å². The third-order valence-electron chi connectivity index (χ3n) is 4.78. The van der Waals surface area contributed by atoms with Gasteiger partial charge in [0.25, 0.3) is 0 Å². The molecule has 3 aromatic rings. The standard InChI is InChI=1S/C18H21N5O/c1-12-3-4-15(20-11-12)18(24)6-9-23(10-7-18)17-16-14(5-8-19-16)21-13(2)22-17/h3-5,8,11,19,24H,6-7,9-10H2,1-2H3. The van der Waals surface area contributed by atoms with E-state index in [0.717, 1.165) is 47.0 Å². The average molecular weight is 323 g/mol. The summed E-state index contributed by atoms with van der Waals surface area (Å²) >= 11 is 0. The van der Waals surface area contributed by atoms with Gasteiger partial charge in [0.2, 0.25) is 0 Å². The van der Waals surface area contributed by atoms with Gasteiger partial charge in [-0.05, 0) is 44.4 Å². The minimum absolute atomic E-state index is 0.633. The van der Waals surface area contributed by atoms with E-state index in [2.05, 4.69) is 24.8 Å². The van der Waals surface area contributed by atoms with E-state index in [1.165, 1.54) is 0 Å². The van der Waals surface area contributed by atoms with Gasteiger partial charge in [0.05, 0.1) is 11.2 Å². The van der Waals surface area contributed by atoms with Crippen LogP contribution in [0.15, 0.2) is 30.6 Å². The van der Waals surface area contributed by atoms with Crippen molar-refractivity contribution in [1.82, 2.24) is 19.9 Å². The van der Waals surface area contributed by atoms with Crippen LogP contribution in [0, 0.1) is 13.8 Å². The van der Waals surface area contributed by atoms with Gasteiger partial charge in [0.1, 0.15) is 16.9 Å². The molecule has 24 heavy (non-hydrogen) atoms. The lowest BCUT2D eigenvalue weighted by Crippen LogP contribution is -2.43. The third-order valence-corrected chi connectivity index (χ3v) is 4.78. The van der Waals surface area contributed by atoms with Gasteiger partial charge in [0.15, 0.2) is 5.82 Å². The molecule has 1 fully saturated rings. The maximum atomic E-state index is 11.0. The second-order valence-corrected chi connectivity index (χ2v) is 6.57. The van der Waals surface area contributed by atoms with Crippen LogP contribution in [0.25, 0.3) is 11.0 Å². The lowest BCUT2D eigenvalue weighted by atomic mass is 9.87. The number of H-pyrrole nitrogens is 1. The van der Waals surface area contributed by atoms with Gasteiger partial charge >= 0.3 is 0 Å². The molecule has 0 radical (unpaired) electrons. The second-order valence-electron chi connectivity index (χ2n) is 6.57. The number of aromatic nitrogens is 4. The summed E-state index contributed by atoms with van der Waals surface area (Å²) in [5, 5.41) is 11.0. The van der Waals surface area contributed by atoms with Crippen molar-refractivity contribution in [2.45, 2.75) is 32.3 Å². The van der Waals surface area contributed by atoms with E-state index in [4.69, 9.17) is 0 Å². The topological polar surface area (TPSA) is 77.9 Å². The maximum absolute atomic E-state index is 11.0. The molecular formula is C18H21N5O. The molecule has 0 unspecified atom stereocenters. The van der Waals surface area contributed by atoms with Gasteiger partial charge in [-0.1, -0.05) is 6.07 Å². The highest BCUT2D eigenvalue weighted by atomic mass is 16.3. The van der Waals surface area contributed by atoms with Gasteiger partial charge < -0.3 is 15.0 Å². The number of nitrogens with zero attached hydrogens (tertiary/aromatic N) is 4.